The van der Waals surface area contributed by atoms with Crippen molar-refractivity contribution >= 4 is 5.91 Å². The van der Waals surface area contributed by atoms with Crippen LogP contribution < -0.4 is 5.32 Å². The van der Waals surface area contributed by atoms with Crippen LogP contribution in [-0.4, -0.2) is 46.7 Å². The topological polar surface area (TPSA) is 52.6 Å². The predicted octanol–water partition coefficient (Wildman–Crippen LogP) is 3.59. The van der Waals surface area contributed by atoms with Crippen molar-refractivity contribution in [3.8, 4) is 0 Å². The lowest BCUT2D eigenvalue weighted by atomic mass is 9.72. The fourth-order valence-corrected chi connectivity index (χ4v) is 4.83. The second-order valence-electron chi connectivity index (χ2n) is 9.74. The first-order chi connectivity index (χ1) is 13.3. The third kappa shape index (κ3) is 6.05. The summed E-state index contributed by atoms with van der Waals surface area (Å²) in [4.78, 5) is 15.3. The highest BCUT2D eigenvalue weighted by molar-refractivity contribution is 5.82. The Kier molecular flexibility index (Phi) is 7.16. The van der Waals surface area contributed by atoms with Crippen LogP contribution in [-0.2, 0) is 11.2 Å². The summed E-state index contributed by atoms with van der Waals surface area (Å²) in [5.74, 6) is 1.45. The molecule has 4 unspecified atom stereocenters. The highest BCUT2D eigenvalue weighted by atomic mass is 16.3. The lowest BCUT2D eigenvalue weighted by molar-refractivity contribution is -0.132. The number of aliphatic hydroxyl groups excluding tert-OH is 1. The van der Waals surface area contributed by atoms with Crippen molar-refractivity contribution in [2.24, 2.45) is 11.8 Å². The number of likely N-dealkylation sites (tertiary alicyclic amines) is 1. The van der Waals surface area contributed by atoms with Gasteiger partial charge in [0.05, 0.1) is 12.1 Å². The number of rotatable bonds is 6. The van der Waals surface area contributed by atoms with E-state index in [1.54, 1.807) is 0 Å². The largest absolute Gasteiger partial charge is 0.391 e. The molecule has 4 nitrogen and oxygen atoms in total. The number of aliphatic hydroxyl groups is 1. The molecule has 0 aromatic heterocycles. The zero-order valence-corrected chi connectivity index (χ0v) is 17.7. The van der Waals surface area contributed by atoms with Gasteiger partial charge in [0.2, 0.25) is 5.91 Å². The molecule has 0 bridgehead atoms. The van der Waals surface area contributed by atoms with Crippen molar-refractivity contribution in [1.82, 2.24) is 10.2 Å². The van der Waals surface area contributed by atoms with Gasteiger partial charge in [0.15, 0.2) is 0 Å². The molecule has 1 radical (unpaired) electrons. The summed E-state index contributed by atoms with van der Waals surface area (Å²) in [6, 6.07) is 10.1. The third-order valence-electron chi connectivity index (χ3n) is 6.19. The van der Waals surface area contributed by atoms with Gasteiger partial charge in [-0.15, -0.1) is 0 Å². The highest BCUT2D eigenvalue weighted by Gasteiger charge is 2.40. The average molecular weight is 386 g/mol. The zero-order chi connectivity index (χ0) is 20.1. The Bertz CT molecular complexity index is 625. The van der Waals surface area contributed by atoms with Gasteiger partial charge < -0.3 is 10.4 Å². The van der Waals surface area contributed by atoms with E-state index in [2.05, 4.69) is 22.3 Å². The van der Waals surface area contributed by atoms with Crippen LogP contribution >= 0.6 is 0 Å². The monoisotopic (exact) mass is 385 g/mol. The van der Waals surface area contributed by atoms with Gasteiger partial charge in [-0.3, -0.25) is 9.69 Å². The molecule has 1 heterocycles. The van der Waals surface area contributed by atoms with Crippen LogP contribution in [0.1, 0.15) is 58.4 Å². The molecule has 28 heavy (non-hydrogen) atoms. The number of fused-ring (bicyclic) bond motifs is 1. The van der Waals surface area contributed by atoms with Crippen LogP contribution in [0.15, 0.2) is 30.3 Å². The Balaban J connectivity index is 1.62. The summed E-state index contributed by atoms with van der Waals surface area (Å²) >= 11 is 0. The van der Waals surface area contributed by atoms with Crippen LogP contribution in [0.4, 0.5) is 0 Å². The summed E-state index contributed by atoms with van der Waals surface area (Å²) in [6.07, 6.45) is 8.24. The lowest BCUT2D eigenvalue weighted by Gasteiger charge is -2.46. The number of piperidine rings is 1. The number of hydrogen-bond acceptors (Lipinski definition) is 3. The Labute approximate surface area is 170 Å². The first kappa shape index (κ1) is 21.3. The predicted molar refractivity (Wildman–Crippen MR) is 114 cm³/mol. The minimum atomic E-state index is -0.523. The maximum Gasteiger partial charge on any atom is 0.237 e. The zero-order valence-electron chi connectivity index (χ0n) is 17.7. The lowest BCUT2D eigenvalue weighted by Crippen LogP contribution is -2.58. The van der Waals surface area contributed by atoms with Gasteiger partial charge in [0, 0.05) is 18.6 Å². The molecule has 1 aliphatic carbocycles. The van der Waals surface area contributed by atoms with E-state index in [9.17, 15) is 9.90 Å². The number of nitrogens with one attached hydrogen (secondary N) is 1. The third-order valence-corrected chi connectivity index (χ3v) is 6.19. The Morgan fingerprint density at radius 2 is 1.89 bits per heavy atom. The van der Waals surface area contributed by atoms with E-state index in [0.717, 1.165) is 19.4 Å². The van der Waals surface area contributed by atoms with Crippen LogP contribution in [0.25, 0.3) is 0 Å². The minimum absolute atomic E-state index is 0.117. The van der Waals surface area contributed by atoms with Crippen molar-refractivity contribution in [3.05, 3.63) is 42.3 Å². The molecule has 1 amide bonds. The number of benzene rings is 1. The quantitative estimate of drug-likeness (QED) is 0.787. The molecular weight excluding hydrogens is 348 g/mol. The number of β-amino-alcohol motifs (C(OH)–C–C–N with tert-alkyl or cyclic N) is 1. The first-order valence-electron chi connectivity index (χ1n) is 10.9. The summed E-state index contributed by atoms with van der Waals surface area (Å²) in [5.41, 5.74) is 0.971. The van der Waals surface area contributed by atoms with E-state index in [0.29, 0.717) is 18.4 Å². The van der Waals surface area contributed by atoms with Crippen LogP contribution in [0.2, 0.25) is 0 Å². The van der Waals surface area contributed by atoms with Gasteiger partial charge in [0.25, 0.3) is 0 Å². The molecule has 1 aromatic rings. The molecule has 2 fully saturated rings. The Hall–Kier alpha value is -1.39. The van der Waals surface area contributed by atoms with Crippen molar-refractivity contribution in [1.29, 1.82) is 0 Å². The van der Waals surface area contributed by atoms with Gasteiger partial charge in [0.1, 0.15) is 0 Å². The molecular formula is C24H37N2O2. The number of amides is 1. The molecule has 0 spiro atoms. The normalized spacial score (nSPS) is 27.1. The van der Waals surface area contributed by atoms with Crippen LogP contribution in [0, 0.1) is 18.3 Å². The minimum Gasteiger partial charge on any atom is -0.391 e. The average Bonchev–Trinajstić information content (AvgIpc) is 2.65. The van der Waals surface area contributed by atoms with E-state index >= 15 is 0 Å². The number of carbonyl (C=O) groups is 1. The molecule has 4 atom stereocenters. The van der Waals surface area contributed by atoms with Gasteiger partial charge >= 0.3 is 0 Å². The van der Waals surface area contributed by atoms with Gasteiger partial charge in [-0.1, -0.05) is 49.6 Å². The van der Waals surface area contributed by atoms with Gasteiger partial charge in [-0.25, -0.2) is 0 Å². The SMILES string of the molecule is CC(C)(C)NC(=O)C1CC2CCCCC2CN1CC(O)[CH]Cc1ccccc1. The van der Waals surface area contributed by atoms with E-state index in [-0.39, 0.29) is 17.5 Å². The Morgan fingerprint density at radius 3 is 2.57 bits per heavy atom. The summed E-state index contributed by atoms with van der Waals surface area (Å²) < 4.78 is 0. The second-order valence-corrected chi connectivity index (χ2v) is 9.74. The summed E-state index contributed by atoms with van der Waals surface area (Å²) in [6.45, 7) is 7.57. The molecule has 1 saturated carbocycles. The molecule has 1 aliphatic heterocycles. The molecule has 2 N–H and O–H groups in total. The molecule has 4 heteroatoms. The van der Waals surface area contributed by atoms with Crippen molar-refractivity contribution in [2.45, 2.75) is 77.0 Å². The number of carbonyl (C=O) groups excluding carboxylic acids is 1. The van der Waals surface area contributed by atoms with E-state index in [1.807, 2.05) is 45.4 Å². The van der Waals surface area contributed by atoms with Crippen molar-refractivity contribution in [2.75, 3.05) is 13.1 Å². The maximum absolute atomic E-state index is 13.0. The van der Waals surface area contributed by atoms with Gasteiger partial charge in [-0.2, -0.15) is 0 Å². The van der Waals surface area contributed by atoms with E-state index in [1.165, 1.54) is 31.2 Å². The smallest absolute Gasteiger partial charge is 0.237 e. The highest BCUT2D eigenvalue weighted by Crippen LogP contribution is 2.38. The fraction of sp³-hybridized carbons (Fsp3) is 0.667. The van der Waals surface area contributed by atoms with Crippen LogP contribution in [0.5, 0.6) is 0 Å². The fourth-order valence-electron chi connectivity index (χ4n) is 4.83. The molecule has 2 aliphatic rings. The van der Waals surface area contributed by atoms with Crippen LogP contribution in [0.3, 0.4) is 0 Å². The standard InChI is InChI=1S/C24H37N2O2/c1-24(2,3)25-23(28)22-15-19-11-7-8-12-20(19)16-26(22)17-21(27)14-13-18-9-5-4-6-10-18/h4-6,9-10,14,19-22,27H,7-8,11-13,15-17H2,1-3H3,(H,25,28). The van der Waals surface area contributed by atoms with Crippen molar-refractivity contribution < 1.29 is 9.90 Å². The maximum atomic E-state index is 13.0. The Morgan fingerprint density at radius 1 is 1.21 bits per heavy atom. The molecule has 1 saturated heterocycles. The molecule has 1 aromatic carbocycles. The summed E-state index contributed by atoms with van der Waals surface area (Å²) in [7, 11) is 0. The number of hydrogen-bond donors (Lipinski definition) is 2. The first-order valence-corrected chi connectivity index (χ1v) is 10.9. The van der Waals surface area contributed by atoms with E-state index < -0.39 is 6.10 Å². The summed E-state index contributed by atoms with van der Waals surface area (Å²) in [5, 5.41) is 13.8. The van der Waals surface area contributed by atoms with E-state index in [4.69, 9.17) is 0 Å². The molecule has 3 rings (SSSR count). The molecule has 155 valence electrons. The number of nitrogens with zero attached hydrogens (tertiary/aromatic N) is 1. The van der Waals surface area contributed by atoms with Gasteiger partial charge in [-0.05, 0) is 63.9 Å². The second kappa shape index (κ2) is 9.41. The van der Waals surface area contributed by atoms with Crippen molar-refractivity contribution in [3.63, 3.8) is 0 Å².